The van der Waals surface area contributed by atoms with Crippen LogP contribution in [0.4, 0.5) is 0 Å². The molecule has 1 aromatic heterocycles. The van der Waals surface area contributed by atoms with Gasteiger partial charge < -0.3 is 4.74 Å². The molecule has 3 nitrogen and oxygen atoms in total. The molecule has 2 aromatic carbocycles. The normalized spacial score (nSPS) is 19.0. The number of pyridine rings is 1. The Balaban J connectivity index is 1.48. The highest BCUT2D eigenvalue weighted by Gasteiger charge is 2.26. The van der Waals surface area contributed by atoms with E-state index in [2.05, 4.69) is 80.3 Å². The van der Waals surface area contributed by atoms with Gasteiger partial charge in [0.05, 0.1) is 11.8 Å². The predicted octanol–water partition coefficient (Wildman–Crippen LogP) is 7.88. The summed E-state index contributed by atoms with van der Waals surface area (Å²) in [5.41, 5.74) is 9.03. The third-order valence-corrected chi connectivity index (χ3v) is 8.30. The second-order valence-electron chi connectivity index (χ2n) is 10.7. The van der Waals surface area contributed by atoms with Crippen molar-refractivity contribution in [3.05, 3.63) is 82.5 Å². The molecule has 3 aromatic rings. The molecule has 0 amide bonds. The van der Waals surface area contributed by atoms with E-state index < -0.39 is 0 Å². The molecule has 190 valence electrons. The molecular weight excluding hydrogens is 440 g/mol. The number of aryl methyl sites for hydroxylation is 3. The molecule has 1 aliphatic heterocycles. The summed E-state index contributed by atoms with van der Waals surface area (Å²) in [5.74, 6) is 1.68. The minimum atomic E-state index is 0.337. The number of benzene rings is 2. The van der Waals surface area contributed by atoms with Crippen molar-refractivity contribution in [1.82, 2.24) is 9.88 Å². The van der Waals surface area contributed by atoms with Crippen LogP contribution >= 0.6 is 0 Å². The standard InChI is InChI=1S/C33H42N2O/c1-4-25-15-11-16-26(5-2)33(25)31-21-32(36-29-18-9-10-19-29)30(24(3)34-31)23-35-20-12-17-28(22-35)27-13-7-6-8-14-27/h6-8,11,13-16,21,28-29H,4-5,9-10,12,17-20,22-23H2,1-3H3/t28-/m1/s1. The molecule has 0 bridgehead atoms. The first-order valence-corrected chi connectivity index (χ1v) is 14.2. The van der Waals surface area contributed by atoms with E-state index in [1.807, 2.05) is 0 Å². The van der Waals surface area contributed by atoms with E-state index in [0.29, 0.717) is 12.0 Å². The van der Waals surface area contributed by atoms with Crippen molar-refractivity contribution >= 4 is 0 Å². The first kappa shape index (κ1) is 25.0. The van der Waals surface area contributed by atoms with Gasteiger partial charge in [-0.1, -0.05) is 62.4 Å². The Kier molecular flexibility index (Phi) is 8.06. The van der Waals surface area contributed by atoms with E-state index >= 15 is 0 Å². The van der Waals surface area contributed by atoms with Crippen LogP contribution in [0.3, 0.4) is 0 Å². The minimum absolute atomic E-state index is 0.337. The Bertz CT molecular complexity index is 1130. The molecule has 1 saturated carbocycles. The Hall–Kier alpha value is -2.65. The van der Waals surface area contributed by atoms with Crippen LogP contribution in [0.5, 0.6) is 5.75 Å². The first-order valence-electron chi connectivity index (χ1n) is 14.2. The summed E-state index contributed by atoms with van der Waals surface area (Å²) in [6.07, 6.45) is 9.77. The van der Waals surface area contributed by atoms with Gasteiger partial charge in [0, 0.05) is 36.0 Å². The minimum Gasteiger partial charge on any atom is -0.490 e. The molecule has 2 fully saturated rings. The predicted molar refractivity (Wildman–Crippen MR) is 150 cm³/mol. The smallest absolute Gasteiger partial charge is 0.128 e. The second kappa shape index (κ2) is 11.6. The van der Waals surface area contributed by atoms with Gasteiger partial charge in [-0.05, 0) is 87.4 Å². The van der Waals surface area contributed by atoms with Crippen LogP contribution in [0.1, 0.15) is 86.2 Å². The second-order valence-corrected chi connectivity index (χ2v) is 10.7. The zero-order chi connectivity index (χ0) is 24.9. The zero-order valence-electron chi connectivity index (χ0n) is 22.4. The average molecular weight is 483 g/mol. The summed E-state index contributed by atoms with van der Waals surface area (Å²) in [4.78, 5) is 7.86. The van der Waals surface area contributed by atoms with E-state index in [9.17, 15) is 0 Å². The molecule has 0 spiro atoms. The maximum absolute atomic E-state index is 6.78. The molecule has 0 N–H and O–H groups in total. The van der Waals surface area contributed by atoms with Crippen molar-refractivity contribution in [2.45, 2.75) is 90.7 Å². The van der Waals surface area contributed by atoms with Gasteiger partial charge in [-0.2, -0.15) is 0 Å². The van der Waals surface area contributed by atoms with E-state index in [-0.39, 0.29) is 0 Å². The van der Waals surface area contributed by atoms with Crippen molar-refractivity contribution in [3.8, 4) is 17.0 Å². The van der Waals surface area contributed by atoms with Gasteiger partial charge >= 0.3 is 0 Å². The van der Waals surface area contributed by atoms with Crippen LogP contribution in [0.25, 0.3) is 11.3 Å². The summed E-state index contributed by atoms with van der Waals surface area (Å²) in [5, 5.41) is 0. The summed E-state index contributed by atoms with van der Waals surface area (Å²) in [7, 11) is 0. The molecule has 0 unspecified atom stereocenters. The molecule has 1 saturated heterocycles. The van der Waals surface area contributed by atoms with Gasteiger partial charge in [0.15, 0.2) is 0 Å². The number of piperidine rings is 1. The Morgan fingerprint density at radius 3 is 2.31 bits per heavy atom. The van der Waals surface area contributed by atoms with E-state index in [0.717, 1.165) is 49.6 Å². The van der Waals surface area contributed by atoms with Crippen molar-refractivity contribution in [2.75, 3.05) is 13.1 Å². The van der Waals surface area contributed by atoms with Gasteiger partial charge in [-0.25, -0.2) is 0 Å². The lowest BCUT2D eigenvalue weighted by atomic mass is 9.90. The van der Waals surface area contributed by atoms with Crippen molar-refractivity contribution in [3.63, 3.8) is 0 Å². The number of aromatic nitrogens is 1. The molecule has 5 rings (SSSR count). The van der Waals surface area contributed by atoms with Crippen molar-refractivity contribution < 1.29 is 4.74 Å². The molecule has 2 aliphatic rings. The van der Waals surface area contributed by atoms with Crippen LogP contribution in [0, 0.1) is 6.92 Å². The molecule has 3 heteroatoms. The molecule has 0 radical (unpaired) electrons. The van der Waals surface area contributed by atoms with E-state index in [4.69, 9.17) is 9.72 Å². The maximum atomic E-state index is 6.78. The highest BCUT2D eigenvalue weighted by molar-refractivity contribution is 5.70. The summed E-state index contributed by atoms with van der Waals surface area (Å²) in [6, 6.07) is 20.0. The van der Waals surface area contributed by atoms with Gasteiger partial charge in [0.2, 0.25) is 0 Å². The fraction of sp³-hybridized carbons (Fsp3) is 0.485. The Labute approximate surface area is 217 Å². The molecule has 36 heavy (non-hydrogen) atoms. The molecule has 1 aliphatic carbocycles. The lowest BCUT2D eigenvalue weighted by molar-refractivity contribution is 0.183. The lowest BCUT2D eigenvalue weighted by Gasteiger charge is -2.34. The van der Waals surface area contributed by atoms with Crippen molar-refractivity contribution in [1.29, 1.82) is 0 Å². The Morgan fingerprint density at radius 1 is 0.889 bits per heavy atom. The number of ether oxygens (including phenoxy) is 1. The summed E-state index contributed by atoms with van der Waals surface area (Å²) >= 11 is 0. The number of hydrogen-bond donors (Lipinski definition) is 0. The largest absolute Gasteiger partial charge is 0.490 e. The van der Waals surface area contributed by atoms with Crippen LogP contribution in [0.2, 0.25) is 0 Å². The highest BCUT2D eigenvalue weighted by Crippen LogP contribution is 2.36. The van der Waals surface area contributed by atoms with Gasteiger partial charge in [-0.3, -0.25) is 9.88 Å². The summed E-state index contributed by atoms with van der Waals surface area (Å²) in [6.45, 7) is 9.85. The van der Waals surface area contributed by atoms with E-state index in [1.54, 1.807) is 0 Å². The Morgan fingerprint density at radius 2 is 1.61 bits per heavy atom. The number of rotatable bonds is 8. The SMILES string of the molecule is CCc1cccc(CC)c1-c1cc(OC2CCCC2)c(CN2CCC[C@@H](c3ccccc3)C2)c(C)n1. The molecular formula is C33H42N2O. The van der Waals surface area contributed by atoms with E-state index in [1.165, 1.54) is 66.3 Å². The zero-order valence-corrected chi connectivity index (χ0v) is 22.4. The third kappa shape index (κ3) is 5.52. The van der Waals surface area contributed by atoms with Gasteiger partial charge in [-0.15, -0.1) is 0 Å². The average Bonchev–Trinajstić information content (AvgIpc) is 3.43. The molecule has 2 heterocycles. The lowest BCUT2D eigenvalue weighted by Crippen LogP contribution is -2.34. The monoisotopic (exact) mass is 482 g/mol. The topological polar surface area (TPSA) is 25.4 Å². The van der Waals surface area contributed by atoms with Crippen LogP contribution in [0.15, 0.2) is 54.6 Å². The third-order valence-electron chi connectivity index (χ3n) is 8.30. The van der Waals surface area contributed by atoms with Gasteiger partial charge in [0.25, 0.3) is 0 Å². The molecule has 1 atom stereocenters. The van der Waals surface area contributed by atoms with Crippen LogP contribution < -0.4 is 4.74 Å². The van der Waals surface area contributed by atoms with Crippen molar-refractivity contribution in [2.24, 2.45) is 0 Å². The highest BCUT2D eigenvalue weighted by atomic mass is 16.5. The van der Waals surface area contributed by atoms with Crippen LogP contribution in [-0.2, 0) is 19.4 Å². The quantitative estimate of drug-likeness (QED) is 0.326. The number of hydrogen-bond acceptors (Lipinski definition) is 3. The first-order chi connectivity index (χ1) is 17.7. The maximum Gasteiger partial charge on any atom is 0.128 e. The fourth-order valence-electron chi connectivity index (χ4n) is 6.27. The fourth-order valence-corrected chi connectivity index (χ4v) is 6.27. The summed E-state index contributed by atoms with van der Waals surface area (Å²) < 4.78 is 6.78. The van der Waals surface area contributed by atoms with Crippen LogP contribution in [-0.4, -0.2) is 29.1 Å². The van der Waals surface area contributed by atoms with Gasteiger partial charge in [0.1, 0.15) is 5.75 Å². The number of nitrogens with zero attached hydrogens (tertiary/aromatic N) is 2. The number of likely N-dealkylation sites (tertiary alicyclic amines) is 1.